The molecular formula is C24H24ClN3O2. The molecule has 6 heteroatoms. The second-order valence-electron chi connectivity index (χ2n) is 7.55. The van der Waals surface area contributed by atoms with E-state index in [9.17, 15) is 9.59 Å². The summed E-state index contributed by atoms with van der Waals surface area (Å²) in [5, 5.41) is 1.32. The lowest BCUT2D eigenvalue weighted by Crippen LogP contribution is -2.50. The number of pyridine rings is 1. The number of piperazine rings is 1. The summed E-state index contributed by atoms with van der Waals surface area (Å²) in [4.78, 5) is 33.4. The van der Waals surface area contributed by atoms with Gasteiger partial charge >= 0.3 is 0 Å². The van der Waals surface area contributed by atoms with Crippen LogP contribution in [0.25, 0.3) is 10.9 Å². The van der Waals surface area contributed by atoms with Gasteiger partial charge in [-0.25, -0.2) is 4.98 Å². The van der Waals surface area contributed by atoms with E-state index in [0.717, 1.165) is 23.7 Å². The van der Waals surface area contributed by atoms with Crippen LogP contribution in [0, 0.1) is 0 Å². The zero-order valence-electron chi connectivity index (χ0n) is 16.8. The van der Waals surface area contributed by atoms with Crippen molar-refractivity contribution in [1.82, 2.24) is 14.8 Å². The van der Waals surface area contributed by atoms with Crippen LogP contribution in [-0.2, 0) is 11.2 Å². The third kappa shape index (κ3) is 4.79. The number of fused-ring (bicyclic) bond motifs is 1. The molecule has 0 unspecified atom stereocenters. The molecule has 4 rings (SSSR count). The first-order valence-corrected chi connectivity index (χ1v) is 10.7. The zero-order chi connectivity index (χ0) is 20.9. The summed E-state index contributed by atoms with van der Waals surface area (Å²) in [6.07, 6.45) is 2.30. The number of halogens is 1. The predicted molar refractivity (Wildman–Crippen MR) is 119 cm³/mol. The number of carbonyl (C=O) groups is 2. The summed E-state index contributed by atoms with van der Waals surface area (Å²) in [6.45, 7) is 2.28. The third-order valence-electron chi connectivity index (χ3n) is 5.52. The third-order valence-corrected chi connectivity index (χ3v) is 5.73. The van der Waals surface area contributed by atoms with Gasteiger partial charge in [-0.1, -0.05) is 41.9 Å². The first kappa shape index (κ1) is 20.4. The predicted octanol–water partition coefficient (Wildman–Crippen LogP) is 4.20. The van der Waals surface area contributed by atoms with Crippen molar-refractivity contribution in [3.8, 4) is 0 Å². The van der Waals surface area contributed by atoms with Crippen LogP contribution in [0.4, 0.5) is 0 Å². The Labute approximate surface area is 181 Å². The van der Waals surface area contributed by atoms with E-state index in [2.05, 4.69) is 17.1 Å². The standard InChI is InChI=1S/C24H24ClN3O2/c25-22-12-10-19-17-20(9-11-21(19)26-22)24(30)28-15-13-27(14-16-28)23(29)8-4-7-18-5-2-1-3-6-18/h1-3,5-6,9-12,17H,4,7-8,13-16H2. The molecule has 154 valence electrons. The van der Waals surface area contributed by atoms with Crippen LogP contribution >= 0.6 is 11.6 Å². The molecule has 1 aromatic heterocycles. The molecule has 0 saturated carbocycles. The van der Waals surface area contributed by atoms with Gasteiger partial charge in [0.25, 0.3) is 5.91 Å². The molecule has 0 atom stereocenters. The topological polar surface area (TPSA) is 53.5 Å². The van der Waals surface area contributed by atoms with Crippen LogP contribution in [0.2, 0.25) is 5.15 Å². The number of amides is 2. The van der Waals surface area contributed by atoms with Gasteiger partial charge in [-0.15, -0.1) is 0 Å². The average molecular weight is 422 g/mol. The number of hydrogen-bond donors (Lipinski definition) is 0. The maximum atomic E-state index is 12.9. The highest BCUT2D eigenvalue weighted by molar-refractivity contribution is 6.29. The molecule has 3 aromatic rings. The number of benzene rings is 2. The highest BCUT2D eigenvalue weighted by Gasteiger charge is 2.24. The van der Waals surface area contributed by atoms with Crippen molar-refractivity contribution >= 4 is 34.3 Å². The summed E-state index contributed by atoms with van der Waals surface area (Å²) in [5.41, 5.74) is 2.66. The molecule has 2 aromatic carbocycles. The Hall–Kier alpha value is -2.92. The molecule has 1 saturated heterocycles. The average Bonchev–Trinajstić information content (AvgIpc) is 2.79. The maximum Gasteiger partial charge on any atom is 0.253 e. The molecule has 1 aliphatic rings. The minimum absolute atomic E-state index is 0.0111. The van der Waals surface area contributed by atoms with Crippen molar-refractivity contribution in [3.05, 3.63) is 76.9 Å². The van der Waals surface area contributed by atoms with Crippen molar-refractivity contribution in [3.63, 3.8) is 0 Å². The summed E-state index contributed by atoms with van der Waals surface area (Å²) in [7, 11) is 0. The summed E-state index contributed by atoms with van der Waals surface area (Å²) >= 11 is 5.93. The van der Waals surface area contributed by atoms with E-state index in [1.54, 1.807) is 12.1 Å². The van der Waals surface area contributed by atoms with Gasteiger partial charge in [0, 0.05) is 43.5 Å². The van der Waals surface area contributed by atoms with E-state index in [-0.39, 0.29) is 11.8 Å². The van der Waals surface area contributed by atoms with Gasteiger partial charge in [0.15, 0.2) is 0 Å². The van der Waals surface area contributed by atoms with Gasteiger partial charge in [-0.3, -0.25) is 9.59 Å². The number of hydrogen-bond acceptors (Lipinski definition) is 3. The quantitative estimate of drug-likeness (QED) is 0.580. The molecule has 0 spiro atoms. The summed E-state index contributed by atoms with van der Waals surface area (Å²) in [6, 6.07) is 19.3. The van der Waals surface area contributed by atoms with E-state index >= 15 is 0 Å². The van der Waals surface area contributed by atoms with E-state index < -0.39 is 0 Å². The molecule has 1 fully saturated rings. The lowest BCUT2D eigenvalue weighted by Gasteiger charge is -2.35. The Kier molecular flexibility index (Phi) is 6.29. The number of aryl methyl sites for hydroxylation is 1. The molecule has 0 N–H and O–H groups in total. The molecule has 2 amide bonds. The molecule has 0 aliphatic carbocycles. The van der Waals surface area contributed by atoms with Crippen molar-refractivity contribution in [1.29, 1.82) is 0 Å². The van der Waals surface area contributed by atoms with Crippen LogP contribution < -0.4 is 0 Å². The van der Waals surface area contributed by atoms with Gasteiger partial charge in [0.1, 0.15) is 5.15 Å². The molecule has 1 aliphatic heterocycles. The number of nitrogens with zero attached hydrogens (tertiary/aromatic N) is 3. The lowest BCUT2D eigenvalue weighted by molar-refractivity contribution is -0.132. The molecular weight excluding hydrogens is 398 g/mol. The van der Waals surface area contributed by atoms with Gasteiger partial charge in [0.2, 0.25) is 5.91 Å². The van der Waals surface area contributed by atoms with Gasteiger partial charge in [-0.05, 0) is 48.7 Å². The van der Waals surface area contributed by atoms with E-state index in [1.807, 2.05) is 46.2 Å². The molecule has 5 nitrogen and oxygen atoms in total. The highest BCUT2D eigenvalue weighted by atomic mass is 35.5. The Balaban J connectivity index is 1.29. The molecule has 2 heterocycles. The van der Waals surface area contributed by atoms with Gasteiger partial charge < -0.3 is 9.80 Å². The van der Waals surface area contributed by atoms with E-state index in [1.165, 1.54) is 5.56 Å². The molecule has 0 bridgehead atoms. The van der Waals surface area contributed by atoms with Gasteiger partial charge in [-0.2, -0.15) is 0 Å². The van der Waals surface area contributed by atoms with Crippen LogP contribution in [0.5, 0.6) is 0 Å². The fraction of sp³-hybridized carbons (Fsp3) is 0.292. The Morgan fingerprint density at radius 3 is 2.40 bits per heavy atom. The number of carbonyl (C=O) groups excluding carboxylic acids is 2. The largest absolute Gasteiger partial charge is 0.339 e. The van der Waals surface area contributed by atoms with Crippen LogP contribution in [0.1, 0.15) is 28.8 Å². The SMILES string of the molecule is O=C(CCCc1ccccc1)N1CCN(C(=O)c2ccc3nc(Cl)ccc3c2)CC1. The van der Waals surface area contributed by atoms with Crippen molar-refractivity contribution in [2.24, 2.45) is 0 Å². The molecule has 30 heavy (non-hydrogen) atoms. The lowest BCUT2D eigenvalue weighted by atomic mass is 10.1. The minimum Gasteiger partial charge on any atom is -0.339 e. The van der Waals surface area contributed by atoms with Crippen molar-refractivity contribution in [2.45, 2.75) is 19.3 Å². The number of aromatic nitrogens is 1. The summed E-state index contributed by atoms with van der Waals surface area (Å²) < 4.78 is 0. The van der Waals surface area contributed by atoms with E-state index in [0.29, 0.717) is 43.3 Å². The van der Waals surface area contributed by atoms with E-state index in [4.69, 9.17) is 11.6 Å². The van der Waals surface area contributed by atoms with Crippen LogP contribution in [0.3, 0.4) is 0 Å². The summed E-state index contributed by atoms with van der Waals surface area (Å²) in [5.74, 6) is 0.162. The maximum absolute atomic E-state index is 12.9. The first-order chi connectivity index (χ1) is 14.6. The Morgan fingerprint density at radius 1 is 0.900 bits per heavy atom. The molecule has 0 radical (unpaired) electrons. The highest BCUT2D eigenvalue weighted by Crippen LogP contribution is 2.19. The normalized spacial score (nSPS) is 14.2. The second-order valence-corrected chi connectivity index (χ2v) is 7.94. The van der Waals surface area contributed by atoms with Crippen molar-refractivity contribution in [2.75, 3.05) is 26.2 Å². The van der Waals surface area contributed by atoms with Crippen molar-refractivity contribution < 1.29 is 9.59 Å². The van der Waals surface area contributed by atoms with Gasteiger partial charge in [0.05, 0.1) is 5.52 Å². The minimum atomic E-state index is -0.0111. The zero-order valence-corrected chi connectivity index (χ0v) is 17.5. The van der Waals surface area contributed by atoms with Crippen LogP contribution in [-0.4, -0.2) is 52.8 Å². The second kappa shape index (κ2) is 9.26. The Bertz CT molecular complexity index is 1050. The number of rotatable bonds is 5. The fourth-order valence-corrected chi connectivity index (χ4v) is 3.98. The Morgan fingerprint density at radius 2 is 1.63 bits per heavy atom. The smallest absolute Gasteiger partial charge is 0.253 e. The fourth-order valence-electron chi connectivity index (χ4n) is 3.82. The monoisotopic (exact) mass is 421 g/mol. The van der Waals surface area contributed by atoms with Crippen LogP contribution in [0.15, 0.2) is 60.7 Å². The first-order valence-electron chi connectivity index (χ1n) is 10.3.